The molecule has 1 fully saturated rings. The molecule has 1 saturated heterocycles. The first kappa shape index (κ1) is 30.9. The van der Waals surface area contributed by atoms with Crippen LogP contribution in [0.5, 0.6) is 0 Å². The number of nitrogens with zero attached hydrogens (tertiary/aromatic N) is 3. The summed E-state index contributed by atoms with van der Waals surface area (Å²) in [6, 6.07) is 24.6. The van der Waals surface area contributed by atoms with Gasteiger partial charge in [0.15, 0.2) is 5.78 Å². The average Bonchev–Trinajstić information content (AvgIpc) is 3.80. The third-order valence-electron chi connectivity index (χ3n) is 8.99. The van der Waals surface area contributed by atoms with Gasteiger partial charge in [-0.1, -0.05) is 71.9 Å². The number of alkyl carbamates (subject to hydrolysis) is 1. The SMILES string of the molecule is O=C(N[C@@H]1C[C@@H](C(=O)CC[C@@H]2CC(Br)=NO2)N(C(=O)OCc2cnc3ccccc3c2)C1)OCC1c2ccccc2-c2ccccc21. The van der Waals surface area contributed by atoms with Gasteiger partial charge in [0.2, 0.25) is 0 Å². The Bertz CT molecular complexity index is 1820. The summed E-state index contributed by atoms with van der Waals surface area (Å²) in [5, 5.41) is 7.73. The van der Waals surface area contributed by atoms with E-state index in [0.717, 1.165) is 38.7 Å². The number of amides is 2. The molecule has 3 atom stereocenters. The van der Waals surface area contributed by atoms with Gasteiger partial charge in [0.1, 0.15) is 23.9 Å². The predicted molar refractivity (Wildman–Crippen MR) is 179 cm³/mol. The van der Waals surface area contributed by atoms with E-state index in [4.69, 9.17) is 14.3 Å². The quantitative estimate of drug-likeness (QED) is 0.207. The van der Waals surface area contributed by atoms with Crippen LogP contribution in [-0.2, 0) is 25.7 Å². The van der Waals surface area contributed by atoms with Crippen molar-refractivity contribution in [1.82, 2.24) is 15.2 Å². The van der Waals surface area contributed by atoms with Crippen molar-refractivity contribution in [3.05, 3.63) is 102 Å². The predicted octanol–water partition coefficient (Wildman–Crippen LogP) is 6.70. The van der Waals surface area contributed by atoms with E-state index in [0.29, 0.717) is 17.5 Å². The van der Waals surface area contributed by atoms with Gasteiger partial charge in [-0.2, -0.15) is 0 Å². The number of fused-ring (bicyclic) bond motifs is 4. The number of aromatic nitrogens is 1. The van der Waals surface area contributed by atoms with Crippen molar-refractivity contribution in [2.24, 2.45) is 5.16 Å². The van der Waals surface area contributed by atoms with E-state index in [9.17, 15) is 14.4 Å². The molecule has 2 amide bonds. The minimum absolute atomic E-state index is 0.000167. The van der Waals surface area contributed by atoms with Crippen molar-refractivity contribution in [1.29, 1.82) is 0 Å². The fourth-order valence-electron chi connectivity index (χ4n) is 6.70. The average molecular weight is 698 g/mol. The Labute approximate surface area is 280 Å². The first-order valence-corrected chi connectivity index (χ1v) is 16.5. The number of hydrogen-bond donors (Lipinski definition) is 1. The van der Waals surface area contributed by atoms with Crippen LogP contribution in [0, 0.1) is 0 Å². The number of ketones is 1. The van der Waals surface area contributed by atoms with Crippen LogP contribution < -0.4 is 5.32 Å². The molecule has 10 nitrogen and oxygen atoms in total. The topological polar surface area (TPSA) is 119 Å². The van der Waals surface area contributed by atoms with Gasteiger partial charge in [0.05, 0.1) is 17.6 Å². The molecule has 3 heterocycles. The highest BCUT2D eigenvalue weighted by molar-refractivity contribution is 9.18. The van der Waals surface area contributed by atoms with Gasteiger partial charge in [-0.05, 0) is 63.2 Å². The van der Waals surface area contributed by atoms with E-state index in [1.54, 1.807) is 6.20 Å². The minimum atomic E-state index is -0.762. The summed E-state index contributed by atoms with van der Waals surface area (Å²) in [5.74, 6) is -0.207. The molecule has 3 aliphatic rings. The highest BCUT2D eigenvalue weighted by atomic mass is 79.9. The van der Waals surface area contributed by atoms with Crippen molar-refractivity contribution < 1.29 is 28.7 Å². The Balaban J connectivity index is 0.995. The number of rotatable bonds is 9. The van der Waals surface area contributed by atoms with Gasteiger partial charge in [0, 0.05) is 42.5 Å². The summed E-state index contributed by atoms with van der Waals surface area (Å²) in [4.78, 5) is 51.2. The molecular formula is C36H33BrN4O6. The van der Waals surface area contributed by atoms with Gasteiger partial charge in [0.25, 0.3) is 0 Å². The van der Waals surface area contributed by atoms with Crippen LogP contribution in [0.4, 0.5) is 9.59 Å². The molecule has 240 valence electrons. The van der Waals surface area contributed by atoms with Crippen molar-refractivity contribution in [2.75, 3.05) is 13.2 Å². The van der Waals surface area contributed by atoms with E-state index < -0.39 is 24.3 Å². The van der Waals surface area contributed by atoms with Crippen LogP contribution in [0.1, 0.15) is 48.3 Å². The second kappa shape index (κ2) is 13.5. The van der Waals surface area contributed by atoms with Crippen LogP contribution in [-0.4, -0.2) is 63.8 Å². The van der Waals surface area contributed by atoms with Crippen molar-refractivity contribution in [3.63, 3.8) is 0 Å². The van der Waals surface area contributed by atoms with Crippen molar-refractivity contribution >= 4 is 49.4 Å². The number of likely N-dealkylation sites (tertiary alicyclic amines) is 1. The maximum absolute atomic E-state index is 13.5. The molecule has 0 unspecified atom stereocenters. The van der Waals surface area contributed by atoms with E-state index in [1.165, 1.54) is 4.90 Å². The Kier molecular flexibility index (Phi) is 8.88. The fourth-order valence-corrected chi connectivity index (χ4v) is 7.14. The van der Waals surface area contributed by atoms with Gasteiger partial charge in [-0.3, -0.25) is 14.7 Å². The molecule has 11 heteroatoms. The monoisotopic (exact) mass is 696 g/mol. The molecule has 0 radical (unpaired) electrons. The zero-order chi connectivity index (χ0) is 32.3. The normalized spacial score (nSPS) is 19.9. The molecule has 2 aliphatic heterocycles. The molecule has 47 heavy (non-hydrogen) atoms. The zero-order valence-electron chi connectivity index (χ0n) is 25.5. The molecule has 7 rings (SSSR count). The summed E-state index contributed by atoms with van der Waals surface area (Å²) >= 11 is 3.33. The fraction of sp³-hybridized carbons (Fsp3) is 0.306. The first-order valence-electron chi connectivity index (χ1n) is 15.7. The van der Waals surface area contributed by atoms with Crippen LogP contribution in [0.2, 0.25) is 0 Å². The van der Waals surface area contributed by atoms with Gasteiger partial charge < -0.3 is 19.6 Å². The number of ether oxygens (including phenoxy) is 2. The second-order valence-corrected chi connectivity index (χ2v) is 13.0. The molecule has 4 aromatic rings. The number of hydrogen-bond acceptors (Lipinski definition) is 8. The molecule has 1 aliphatic carbocycles. The molecule has 0 spiro atoms. The number of halogens is 1. The number of carbonyl (C=O) groups is 3. The number of oxime groups is 1. The molecule has 3 aromatic carbocycles. The highest BCUT2D eigenvalue weighted by Crippen LogP contribution is 2.44. The van der Waals surface area contributed by atoms with Crippen molar-refractivity contribution in [2.45, 2.75) is 56.4 Å². The van der Waals surface area contributed by atoms with E-state index in [1.807, 2.05) is 54.6 Å². The van der Waals surface area contributed by atoms with E-state index in [2.05, 4.69) is 55.7 Å². The maximum Gasteiger partial charge on any atom is 0.410 e. The molecule has 0 saturated carbocycles. The number of nitrogens with one attached hydrogen (secondary N) is 1. The van der Waals surface area contributed by atoms with Gasteiger partial charge >= 0.3 is 12.2 Å². The van der Waals surface area contributed by atoms with Gasteiger partial charge in [-0.25, -0.2) is 9.59 Å². The second-order valence-electron chi connectivity index (χ2n) is 12.1. The maximum atomic E-state index is 13.5. The lowest BCUT2D eigenvalue weighted by molar-refractivity contribution is -0.123. The van der Waals surface area contributed by atoms with E-state index in [-0.39, 0.29) is 50.4 Å². The first-order chi connectivity index (χ1) is 22.9. The van der Waals surface area contributed by atoms with E-state index >= 15 is 0 Å². The summed E-state index contributed by atoms with van der Waals surface area (Å²) in [7, 11) is 0. The largest absolute Gasteiger partial charge is 0.449 e. The number of para-hydroxylation sites is 1. The summed E-state index contributed by atoms with van der Waals surface area (Å²) in [6.45, 7) is 0.281. The number of pyridine rings is 1. The molecule has 1 aromatic heterocycles. The number of Topliss-reactive ketones (excluding diaryl/α,β-unsaturated/α-hetero) is 1. The van der Waals surface area contributed by atoms with Crippen LogP contribution in [0.15, 0.2) is 90.2 Å². The highest BCUT2D eigenvalue weighted by Gasteiger charge is 2.41. The Morgan fingerprint density at radius 2 is 1.68 bits per heavy atom. The Hall–Kier alpha value is -4.77. The minimum Gasteiger partial charge on any atom is -0.449 e. The van der Waals surface area contributed by atoms with Gasteiger partial charge in [-0.15, -0.1) is 0 Å². The summed E-state index contributed by atoms with van der Waals surface area (Å²) in [5.41, 5.74) is 6.10. The third-order valence-corrected chi connectivity index (χ3v) is 9.46. The lowest BCUT2D eigenvalue weighted by Crippen LogP contribution is -2.42. The van der Waals surface area contributed by atoms with Crippen LogP contribution in [0.3, 0.4) is 0 Å². The smallest absolute Gasteiger partial charge is 0.410 e. The molecular weight excluding hydrogens is 664 g/mol. The lowest BCUT2D eigenvalue weighted by Gasteiger charge is -2.23. The Morgan fingerprint density at radius 1 is 0.957 bits per heavy atom. The third kappa shape index (κ3) is 6.71. The molecule has 1 N–H and O–H groups in total. The number of benzene rings is 3. The molecule has 0 bridgehead atoms. The van der Waals surface area contributed by atoms with Crippen molar-refractivity contribution in [3.8, 4) is 11.1 Å². The standard InChI is InChI=1S/C36H33BrN4O6/c37-34-17-25(47-40-34)13-14-33(42)32-16-24(19-41(32)36(44)46-20-22-15-23-7-1-6-12-31(23)38-18-22)39-35(43)45-21-30-28-10-4-2-8-26(28)27-9-3-5-11-29(27)30/h1-12,15,18,24-25,30,32H,13-14,16-17,19-21H2,(H,39,43)/t24-,25-,32+/m1/s1. The lowest BCUT2D eigenvalue weighted by atomic mass is 9.98. The Morgan fingerprint density at radius 3 is 2.43 bits per heavy atom. The zero-order valence-corrected chi connectivity index (χ0v) is 27.1. The summed E-state index contributed by atoms with van der Waals surface area (Å²) < 4.78 is 12.1. The number of carbonyl (C=O) groups excluding carboxylic acids is 3. The van der Waals surface area contributed by atoms with Crippen LogP contribution in [0.25, 0.3) is 22.0 Å². The van der Waals surface area contributed by atoms with Crippen LogP contribution >= 0.6 is 15.9 Å². The summed E-state index contributed by atoms with van der Waals surface area (Å²) in [6.07, 6.45) is 1.75.